The minimum absolute atomic E-state index is 0.245. The van der Waals surface area contributed by atoms with Crippen LogP contribution in [0.1, 0.15) is 35.4 Å². The van der Waals surface area contributed by atoms with Gasteiger partial charge < -0.3 is 5.32 Å². The second-order valence-corrected chi connectivity index (χ2v) is 7.06. The average molecular weight is 360 g/mol. The Kier molecular flexibility index (Phi) is 5.29. The lowest BCUT2D eigenvalue weighted by molar-refractivity contribution is 0.536. The van der Waals surface area contributed by atoms with Crippen LogP contribution in [0.3, 0.4) is 0 Å². The van der Waals surface area contributed by atoms with Crippen LogP contribution in [0.4, 0.5) is 8.78 Å². The van der Waals surface area contributed by atoms with Crippen LogP contribution in [0, 0.1) is 18.6 Å². The molecule has 2 rings (SSSR count). The van der Waals surface area contributed by atoms with Crippen molar-refractivity contribution >= 4 is 27.3 Å². The zero-order valence-electron chi connectivity index (χ0n) is 11.3. The molecule has 0 aliphatic carbocycles. The molecule has 0 saturated carbocycles. The van der Waals surface area contributed by atoms with Crippen LogP contribution in [0.15, 0.2) is 28.1 Å². The van der Waals surface area contributed by atoms with Crippen LogP contribution in [0.5, 0.6) is 0 Å². The Balaban J connectivity index is 2.41. The first-order valence-corrected chi connectivity index (χ1v) is 8.08. The highest BCUT2D eigenvalue weighted by Crippen LogP contribution is 2.35. The van der Waals surface area contributed by atoms with Gasteiger partial charge in [-0.2, -0.15) is 0 Å². The number of thiophene rings is 1. The maximum atomic E-state index is 14.0. The molecule has 1 aromatic carbocycles. The number of hydrogen-bond donors (Lipinski definition) is 1. The normalized spacial score (nSPS) is 12.7. The number of benzene rings is 1. The van der Waals surface area contributed by atoms with E-state index in [1.807, 2.05) is 13.0 Å². The minimum atomic E-state index is -0.552. The molecule has 5 heteroatoms. The molecule has 1 nitrogen and oxygen atoms in total. The molecular weight excluding hydrogens is 344 g/mol. The first-order valence-electron chi connectivity index (χ1n) is 6.47. The first kappa shape index (κ1) is 15.6. The Bertz CT molecular complexity index is 578. The van der Waals surface area contributed by atoms with Gasteiger partial charge in [0.15, 0.2) is 0 Å². The maximum absolute atomic E-state index is 14.0. The summed E-state index contributed by atoms with van der Waals surface area (Å²) in [4.78, 5) is 1.02. The summed E-state index contributed by atoms with van der Waals surface area (Å²) in [6, 6.07) is 5.54. The molecule has 1 aromatic heterocycles. The lowest BCUT2D eigenvalue weighted by Gasteiger charge is -2.18. The number of hydrogen-bond acceptors (Lipinski definition) is 2. The van der Waals surface area contributed by atoms with E-state index in [-0.39, 0.29) is 6.04 Å². The van der Waals surface area contributed by atoms with Crippen molar-refractivity contribution in [2.75, 3.05) is 6.54 Å². The van der Waals surface area contributed by atoms with Gasteiger partial charge in [-0.25, -0.2) is 8.78 Å². The highest BCUT2D eigenvalue weighted by Gasteiger charge is 2.20. The van der Waals surface area contributed by atoms with Crippen LogP contribution >= 0.6 is 27.3 Å². The highest BCUT2D eigenvalue weighted by molar-refractivity contribution is 9.11. The summed E-state index contributed by atoms with van der Waals surface area (Å²) in [7, 11) is 0. The molecular formula is C15H16BrF2NS. The summed E-state index contributed by atoms with van der Waals surface area (Å²) >= 11 is 5.07. The molecule has 20 heavy (non-hydrogen) atoms. The lowest BCUT2D eigenvalue weighted by atomic mass is 10.0. The van der Waals surface area contributed by atoms with E-state index < -0.39 is 11.6 Å². The van der Waals surface area contributed by atoms with Crippen LogP contribution in [-0.4, -0.2) is 6.54 Å². The molecule has 1 N–H and O–H groups in total. The van der Waals surface area contributed by atoms with E-state index in [4.69, 9.17) is 0 Å². The summed E-state index contributed by atoms with van der Waals surface area (Å²) in [5, 5.41) is 3.33. The molecule has 0 amide bonds. The van der Waals surface area contributed by atoms with Gasteiger partial charge in [0, 0.05) is 16.5 Å². The molecule has 108 valence electrons. The monoisotopic (exact) mass is 359 g/mol. The highest BCUT2D eigenvalue weighted by atomic mass is 79.9. The number of halogens is 3. The largest absolute Gasteiger partial charge is 0.306 e. The SMILES string of the molecule is CCCNC(c1cc(C)c(Br)s1)c1ccc(F)cc1F. The standard InChI is InChI=1S/C15H16BrF2NS/c1-3-6-19-14(13-7-9(2)15(16)20-13)11-5-4-10(17)8-12(11)18/h4-5,7-8,14,19H,3,6H2,1-2H3. The van der Waals surface area contributed by atoms with Gasteiger partial charge in [0.2, 0.25) is 0 Å². The van der Waals surface area contributed by atoms with Gasteiger partial charge in [0.05, 0.1) is 9.83 Å². The quantitative estimate of drug-likeness (QED) is 0.774. The zero-order chi connectivity index (χ0) is 14.7. The van der Waals surface area contributed by atoms with Crippen LogP contribution in [0.2, 0.25) is 0 Å². The smallest absolute Gasteiger partial charge is 0.131 e. The Morgan fingerprint density at radius 1 is 1.30 bits per heavy atom. The second-order valence-electron chi connectivity index (χ2n) is 4.66. The van der Waals surface area contributed by atoms with Gasteiger partial charge in [0.25, 0.3) is 0 Å². The number of nitrogens with one attached hydrogen (secondary N) is 1. The van der Waals surface area contributed by atoms with E-state index in [0.29, 0.717) is 5.56 Å². The summed E-state index contributed by atoms with van der Waals surface area (Å²) in [6.45, 7) is 4.83. The van der Waals surface area contributed by atoms with Gasteiger partial charge in [-0.15, -0.1) is 11.3 Å². The van der Waals surface area contributed by atoms with Gasteiger partial charge in [-0.05, 0) is 53.5 Å². The summed E-state index contributed by atoms with van der Waals surface area (Å²) in [6.07, 6.45) is 0.949. The van der Waals surface area contributed by atoms with Crippen molar-refractivity contribution in [2.45, 2.75) is 26.3 Å². The summed E-state index contributed by atoms with van der Waals surface area (Å²) < 4.78 is 28.1. The Hall–Kier alpha value is -0.780. The third kappa shape index (κ3) is 3.45. The molecule has 0 bridgehead atoms. The molecule has 0 saturated heterocycles. The maximum Gasteiger partial charge on any atom is 0.131 e. The lowest BCUT2D eigenvalue weighted by Crippen LogP contribution is -2.23. The number of rotatable bonds is 5. The van der Waals surface area contributed by atoms with Crippen LogP contribution < -0.4 is 5.32 Å². The van der Waals surface area contributed by atoms with Crippen LogP contribution in [0.25, 0.3) is 0 Å². The molecule has 0 spiro atoms. The van der Waals surface area contributed by atoms with Crippen molar-refractivity contribution in [1.82, 2.24) is 5.32 Å². The van der Waals surface area contributed by atoms with Gasteiger partial charge in [-0.3, -0.25) is 0 Å². The fourth-order valence-corrected chi connectivity index (χ4v) is 3.68. The zero-order valence-corrected chi connectivity index (χ0v) is 13.7. The molecule has 1 atom stereocenters. The van der Waals surface area contributed by atoms with Crippen molar-refractivity contribution in [3.05, 3.63) is 55.7 Å². The van der Waals surface area contributed by atoms with Crippen molar-refractivity contribution < 1.29 is 8.78 Å². The van der Waals surface area contributed by atoms with E-state index in [1.165, 1.54) is 12.1 Å². The molecule has 0 aliphatic rings. The number of aryl methyl sites for hydroxylation is 1. The Labute approximate surface area is 130 Å². The van der Waals surface area contributed by atoms with E-state index in [9.17, 15) is 8.78 Å². The predicted octanol–water partition coefficient (Wildman–Crippen LogP) is 5.19. The molecule has 1 unspecified atom stereocenters. The Morgan fingerprint density at radius 3 is 2.60 bits per heavy atom. The predicted molar refractivity (Wildman–Crippen MR) is 83.3 cm³/mol. The Morgan fingerprint density at radius 2 is 2.05 bits per heavy atom. The topological polar surface area (TPSA) is 12.0 Å². The van der Waals surface area contributed by atoms with E-state index in [2.05, 4.69) is 28.2 Å². The molecule has 2 aromatic rings. The average Bonchev–Trinajstić information content (AvgIpc) is 2.72. The van der Waals surface area contributed by atoms with Crippen molar-refractivity contribution in [3.8, 4) is 0 Å². The molecule has 1 heterocycles. The van der Waals surface area contributed by atoms with Crippen LogP contribution in [-0.2, 0) is 0 Å². The fraction of sp³-hybridized carbons (Fsp3) is 0.333. The van der Waals surface area contributed by atoms with Gasteiger partial charge in [0.1, 0.15) is 11.6 Å². The minimum Gasteiger partial charge on any atom is -0.306 e. The first-order chi connectivity index (χ1) is 9.52. The van der Waals surface area contributed by atoms with E-state index in [1.54, 1.807) is 11.3 Å². The van der Waals surface area contributed by atoms with E-state index >= 15 is 0 Å². The molecule has 0 fully saturated rings. The van der Waals surface area contributed by atoms with Crippen molar-refractivity contribution in [1.29, 1.82) is 0 Å². The van der Waals surface area contributed by atoms with Gasteiger partial charge >= 0.3 is 0 Å². The van der Waals surface area contributed by atoms with Gasteiger partial charge in [-0.1, -0.05) is 13.0 Å². The third-order valence-electron chi connectivity index (χ3n) is 3.03. The third-order valence-corrected chi connectivity index (χ3v) is 5.23. The second kappa shape index (κ2) is 6.78. The summed E-state index contributed by atoms with van der Waals surface area (Å²) in [5.74, 6) is -1.06. The van der Waals surface area contributed by atoms with E-state index in [0.717, 1.165) is 33.3 Å². The molecule has 0 radical (unpaired) electrons. The summed E-state index contributed by atoms with van der Waals surface area (Å²) in [5.41, 5.74) is 1.60. The fourth-order valence-electron chi connectivity index (χ4n) is 2.01. The molecule has 0 aliphatic heterocycles. The van der Waals surface area contributed by atoms with Crippen molar-refractivity contribution in [2.24, 2.45) is 0 Å². The van der Waals surface area contributed by atoms with Crippen molar-refractivity contribution in [3.63, 3.8) is 0 Å².